The van der Waals surface area contributed by atoms with Crippen molar-refractivity contribution in [3.63, 3.8) is 0 Å². The molecule has 2 aromatic rings. The molecule has 0 amide bonds. The molecule has 0 radical (unpaired) electrons. The SMILES string of the molecule is CC(=O)Cc1c(F)ccc(C(=O)CCl)c1F.CC(=O)Cc1c(F)ccc(C(=O)O)c1F. The Kier molecular flexibility index (Phi) is 9.51. The third-order valence-corrected chi connectivity index (χ3v) is 4.12. The molecule has 0 atom stereocenters. The van der Waals surface area contributed by atoms with Crippen molar-refractivity contribution in [1.82, 2.24) is 0 Å². The summed E-state index contributed by atoms with van der Waals surface area (Å²) in [6.07, 6.45) is -0.820. The summed E-state index contributed by atoms with van der Waals surface area (Å²) in [4.78, 5) is 43.3. The van der Waals surface area contributed by atoms with Crippen LogP contribution < -0.4 is 0 Å². The number of hydrogen-bond acceptors (Lipinski definition) is 4. The van der Waals surface area contributed by atoms with Gasteiger partial charge in [-0.2, -0.15) is 0 Å². The molecule has 0 aliphatic heterocycles. The number of carbonyl (C=O) groups is 4. The number of Topliss-reactive ketones (excluding diaryl/α,β-unsaturated/α-hetero) is 3. The molecule has 0 aliphatic rings. The van der Waals surface area contributed by atoms with Crippen LogP contribution in [0.25, 0.3) is 0 Å². The van der Waals surface area contributed by atoms with Gasteiger partial charge in [0.2, 0.25) is 0 Å². The Labute approximate surface area is 179 Å². The summed E-state index contributed by atoms with van der Waals surface area (Å²) in [6.45, 7) is 2.39. The molecule has 0 unspecified atom stereocenters. The molecule has 2 aromatic carbocycles. The zero-order valence-electron chi connectivity index (χ0n) is 16.4. The van der Waals surface area contributed by atoms with E-state index in [0.717, 1.165) is 24.3 Å². The molecule has 31 heavy (non-hydrogen) atoms. The van der Waals surface area contributed by atoms with Crippen LogP contribution in [0, 0.1) is 23.3 Å². The summed E-state index contributed by atoms with van der Waals surface area (Å²) in [5.74, 6) is -7.25. The summed E-state index contributed by atoms with van der Waals surface area (Å²) in [5, 5.41) is 8.57. The second-order valence-corrected chi connectivity index (χ2v) is 6.66. The van der Waals surface area contributed by atoms with Crippen LogP contribution in [0.1, 0.15) is 45.7 Å². The predicted octanol–water partition coefficient (Wildman–Crippen LogP) is 4.31. The van der Waals surface area contributed by atoms with E-state index in [2.05, 4.69) is 0 Å². The molecule has 0 bridgehead atoms. The molecule has 0 heterocycles. The summed E-state index contributed by atoms with van der Waals surface area (Å²) in [5.41, 5.74) is -1.80. The van der Waals surface area contributed by atoms with Gasteiger partial charge in [-0.1, -0.05) is 0 Å². The summed E-state index contributed by atoms with van der Waals surface area (Å²) in [6, 6.07) is 3.65. The van der Waals surface area contributed by atoms with Crippen LogP contribution in [0.2, 0.25) is 0 Å². The Balaban J connectivity index is 0.000000311. The van der Waals surface area contributed by atoms with E-state index in [4.69, 9.17) is 16.7 Å². The standard InChI is InChI=1S/C11H9ClF2O2.C10H8F2O3/c1-6(15)4-8-9(13)3-2-7(11(8)14)10(16)5-12;1-5(13)4-7-8(11)3-2-6(9(7)12)10(14)15/h2-3H,4-5H2,1H3;2-3H,4H2,1H3,(H,14,15). The van der Waals surface area contributed by atoms with Crippen molar-refractivity contribution in [2.45, 2.75) is 26.7 Å². The molecular weight excluding hydrogens is 444 g/mol. The number of rotatable bonds is 7. The fourth-order valence-electron chi connectivity index (χ4n) is 2.47. The molecule has 0 aromatic heterocycles. The number of aromatic carboxylic acids is 1. The van der Waals surface area contributed by atoms with E-state index in [9.17, 15) is 36.7 Å². The van der Waals surface area contributed by atoms with Gasteiger partial charge in [0.25, 0.3) is 0 Å². The van der Waals surface area contributed by atoms with Crippen LogP contribution in [-0.2, 0) is 22.4 Å². The van der Waals surface area contributed by atoms with E-state index in [1.165, 1.54) is 13.8 Å². The van der Waals surface area contributed by atoms with E-state index in [-0.39, 0.29) is 29.2 Å². The van der Waals surface area contributed by atoms with Crippen LogP contribution in [-0.4, -0.2) is 34.3 Å². The number of alkyl halides is 1. The molecule has 2 rings (SSSR count). The van der Waals surface area contributed by atoms with Gasteiger partial charge in [0.1, 0.15) is 34.8 Å². The van der Waals surface area contributed by atoms with Crippen molar-refractivity contribution in [3.05, 3.63) is 69.8 Å². The number of halogens is 5. The van der Waals surface area contributed by atoms with Crippen molar-refractivity contribution in [2.75, 3.05) is 5.88 Å². The first-order valence-corrected chi connectivity index (χ1v) is 9.19. The van der Waals surface area contributed by atoms with Gasteiger partial charge in [-0.15, -0.1) is 11.6 Å². The molecular formula is C21H17ClF4O5. The molecule has 10 heteroatoms. The maximum Gasteiger partial charge on any atom is 0.338 e. The molecule has 1 N–H and O–H groups in total. The minimum absolute atomic E-state index is 0.285. The van der Waals surface area contributed by atoms with Crippen molar-refractivity contribution in [2.24, 2.45) is 0 Å². The highest BCUT2D eigenvalue weighted by atomic mass is 35.5. The molecule has 0 saturated heterocycles. The second-order valence-electron chi connectivity index (χ2n) is 6.39. The predicted molar refractivity (Wildman–Crippen MR) is 103 cm³/mol. The Morgan fingerprint density at radius 1 is 0.774 bits per heavy atom. The number of benzene rings is 2. The van der Waals surface area contributed by atoms with Gasteiger partial charge < -0.3 is 5.11 Å². The molecule has 0 aliphatic carbocycles. The molecule has 5 nitrogen and oxygen atoms in total. The minimum atomic E-state index is -1.49. The highest BCUT2D eigenvalue weighted by Gasteiger charge is 2.19. The first kappa shape index (κ1) is 26.0. The molecule has 166 valence electrons. The summed E-state index contributed by atoms with van der Waals surface area (Å²) in [7, 11) is 0. The smallest absolute Gasteiger partial charge is 0.338 e. The average molecular weight is 461 g/mol. The maximum absolute atomic E-state index is 13.7. The van der Waals surface area contributed by atoms with E-state index in [1.807, 2.05) is 0 Å². The number of hydrogen-bond donors (Lipinski definition) is 1. The Morgan fingerprint density at radius 2 is 1.16 bits per heavy atom. The van der Waals surface area contributed by atoms with Gasteiger partial charge in [0.15, 0.2) is 5.78 Å². The van der Waals surface area contributed by atoms with Crippen LogP contribution in [0.4, 0.5) is 17.6 Å². The lowest BCUT2D eigenvalue weighted by molar-refractivity contribution is -0.117. The van der Waals surface area contributed by atoms with Gasteiger partial charge in [-0.3, -0.25) is 14.4 Å². The minimum Gasteiger partial charge on any atom is -0.478 e. The largest absolute Gasteiger partial charge is 0.478 e. The zero-order valence-corrected chi connectivity index (χ0v) is 17.2. The highest BCUT2D eigenvalue weighted by Crippen LogP contribution is 2.19. The lowest BCUT2D eigenvalue weighted by Gasteiger charge is -2.06. The van der Waals surface area contributed by atoms with E-state index < -0.39 is 58.4 Å². The van der Waals surface area contributed by atoms with Gasteiger partial charge >= 0.3 is 5.97 Å². The van der Waals surface area contributed by atoms with Gasteiger partial charge in [-0.05, 0) is 38.1 Å². The van der Waals surface area contributed by atoms with Crippen LogP contribution in [0.15, 0.2) is 24.3 Å². The fourth-order valence-corrected chi connectivity index (χ4v) is 2.61. The van der Waals surface area contributed by atoms with E-state index in [1.54, 1.807) is 0 Å². The zero-order chi connectivity index (χ0) is 23.9. The number of carbonyl (C=O) groups excluding carboxylic acids is 3. The highest BCUT2D eigenvalue weighted by molar-refractivity contribution is 6.30. The lowest BCUT2D eigenvalue weighted by atomic mass is 10.0. The maximum atomic E-state index is 13.7. The third kappa shape index (κ3) is 6.99. The topological polar surface area (TPSA) is 88.5 Å². The van der Waals surface area contributed by atoms with Crippen LogP contribution in [0.3, 0.4) is 0 Å². The monoisotopic (exact) mass is 460 g/mol. The van der Waals surface area contributed by atoms with Gasteiger partial charge in [0.05, 0.1) is 17.0 Å². The number of carboxylic acids is 1. The van der Waals surface area contributed by atoms with Crippen molar-refractivity contribution in [1.29, 1.82) is 0 Å². The Morgan fingerprint density at radius 3 is 1.52 bits per heavy atom. The number of carboxylic acid groups (broad SMARTS) is 1. The summed E-state index contributed by atoms with van der Waals surface area (Å²) >= 11 is 5.28. The third-order valence-electron chi connectivity index (χ3n) is 3.88. The van der Waals surface area contributed by atoms with Crippen molar-refractivity contribution in [3.8, 4) is 0 Å². The van der Waals surface area contributed by atoms with Crippen molar-refractivity contribution < 1.29 is 41.8 Å². The van der Waals surface area contributed by atoms with Crippen LogP contribution >= 0.6 is 11.6 Å². The van der Waals surface area contributed by atoms with E-state index in [0.29, 0.717) is 0 Å². The molecule has 0 spiro atoms. The summed E-state index contributed by atoms with van der Waals surface area (Å²) < 4.78 is 53.3. The fraction of sp³-hybridized carbons (Fsp3) is 0.238. The quantitative estimate of drug-likeness (QED) is 0.378. The first-order chi connectivity index (χ1) is 14.4. The normalized spacial score (nSPS) is 10.2. The second kappa shape index (κ2) is 11.4. The molecule has 0 fully saturated rings. The van der Waals surface area contributed by atoms with Crippen LogP contribution in [0.5, 0.6) is 0 Å². The Hall–Kier alpha value is -3.07. The average Bonchev–Trinajstić information content (AvgIpc) is 2.67. The lowest BCUT2D eigenvalue weighted by Crippen LogP contribution is -2.10. The van der Waals surface area contributed by atoms with Crippen molar-refractivity contribution >= 4 is 34.9 Å². The molecule has 0 saturated carbocycles. The van der Waals surface area contributed by atoms with E-state index >= 15 is 0 Å². The Bertz CT molecular complexity index is 1040. The van der Waals surface area contributed by atoms with Gasteiger partial charge in [-0.25, -0.2) is 22.4 Å². The first-order valence-electron chi connectivity index (χ1n) is 8.65. The number of ketones is 3. The van der Waals surface area contributed by atoms with Gasteiger partial charge in [0, 0.05) is 24.0 Å².